The maximum absolute atomic E-state index is 11.6. The smallest absolute Gasteiger partial charge is 0.329 e. The lowest BCUT2D eigenvalue weighted by Gasteiger charge is -2.23. The Hall–Kier alpha value is -1.40. The zero-order valence-corrected chi connectivity index (χ0v) is 10.7. The van der Waals surface area contributed by atoms with Gasteiger partial charge in [0.1, 0.15) is 13.2 Å². The van der Waals surface area contributed by atoms with E-state index in [1.807, 2.05) is 11.4 Å². The van der Waals surface area contributed by atoms with Gasteiger partial charge in [-0.15, -0.1) is 11.3 Å². The summed E-state index contributed by atoms with van der Waals surface area (Å²) >= 11 is 1.72. The van der Waals surface area contributed by atoms with Crippen LogP contribution < -0.4 is 5.32 Å². The summed E-state index contributed by atoms with van der Waals surface area (Å²) in [6.07, 6.45) is 3.07. The van der Waals surface area contributed by atoms with Crippen molar-refractivity contribution in [2.75, 3.05) is 13.2 Å². The number of fused-ring (bicyclic) bond motifs is 1. The maximum Gasteiger partial charge on any atom is 0.329 e. The van der Waals surface area contributed by atoms with Crippen molar-refractivity contribution in [1.82, 2.24) is 5.32 Å². The van der Waals surface area contributed by atoms with Crippen LogP contribution in [0.3, 0.4) is 0 Å². The van der Waals surface area contributed by atoms with Crippen molar-refractivity contribution >= 4 is 23.2 Å². The van der Waals surface area contributed by atoms with E-state index in [2.05, 4.69) is 5.32 Å². The van der Waals surface area contributed by atoms with E-state index in [0.29, 0.717) is 0 Å². The van der Waals surface area contributed by atoms with Crippen LogP contribution in [-0.2, 0) is 20.7 Å². The molecular formula is C12H15NO4S. The van der Waals surface area contributed by atoms with E-state index >= 15 is 0 Å². The van der Waals surface area contributed by atoms with Crippen LogP contribution >= 0.6 is 11.3 Å². The number of carbonyl (C=O) groups excluding carboxylic acids is 1. The molecule has 6 heteroatoms. The molecule has 1 aliphatic rings. The molecule has 18 heavy (non-hydrogen) atoms. The second-order valence-corrected chi connectivity index (χ2v) is 5.20. The summed E-state index contributed by atoms with van der Waals surface area (Å²) in [4.78, 5) is 23.2. The predicted octanol–water partition coefficient (Wildman–Crippen LogP) is 1.34. The zero-order chi connectivity index (χ0) is 13.0. The normalized spacial score (nSPS) is 18.1. The average molecular weight is 269 g/mol. The second kappa shape index (κ2) is 5.97. The van der Waals surface area contributed by atoms with Crippen LogP contribution in [0.5, 0.6) is 0 Å². The number of thiophene rings is 1. The largest absolute Gasteiger partial charge is 0.480 e. The van der Waals surface area contributed by atoms with Gasteiger partial charge in [0.2, 0.25) is 5.91 Å². The molecule has 98 valence electrons. The predicted molar refractivity (Wildman–Crippen MR) is 66.6 cm³/mol. The number of rotatable bonds is 5. The topological polar surface area (TPSA) is 75.6 Å². The first-order valence-electron chi connectivity index (χ1n) is 5.82. The van der Waals surface area contributed by atoms with Crippen molar-refractivity contribution in [3.63, 3.8) is 0 Å². The van der Waals surface area contributed by atoms with E-state index in [1.54, 1.807) is 11.3 Å². The average Bonchev–Trinajstić information content (AvgIpc) is 2.77. The van der Waals surface area contributed by atoms with Crippen LogP contribution in [0.15, 0.2) is 11.4 Å². The first-order valence-corrected chi connectivity index (χ1v) is 6.70. The number of amides is 1. The molecule has 0 fully saturated rings. The molecule has 1 aliphatic carbocycles. The number of aryl methyl sites for hydroxylation is 1. The molecular weight excluding hydrogens is 254 g/mol. The molecule has 0 radical (unpaired) electrons. The molecule has 1 heterocycles. The van der Waals surface area contributed by atoms with Gasteiger partial charge in [0.15, 0.2) is 0 Å². The Labute approximate surface area is 109 Å². The van der Waals surface area contributed by atoms with E-state index in [9.17, 15) is 9.59 Å². The van der Waals surface area contributed by atoms with Crippen LogP contribution in [0.4, 0.5) is 0 Å². The summed E-state index contributed by atoms with van der Waals surface area (Å²) in [6, 6.07) is 2.09. The monoisotopic (exact) mass is 269 g/mol. The van der Waals surface area contributed by atoms with E-state index < -0.39 is 12.6 Å². The molecule has 1 aromatic heterocycles. The summed E-state index contributed by atoms with van der Waals surface area (Å²) in [7, 11) is 0. The first-order chi connectivity index (χ1) is 8.66. The van der Waals surface area contributed by atoms with Gasteiger partial charge < -0.3 is 15.2 Å². The molecule has 1 unspecified atom stereocenters. The molecule has 1 amide bonds. The molecule has 1 atom stereocenters. The fourth-order valence-corrected chi connectivity index (χ4v) is 3.09. The summed E-state index contributed by atoms with van der Waals surface area (Å²) in [5, 5.41) is 13.3. The quantitative estimate of drug-likeness (QED) is 0.846. The van der Waals surface area contributed by atoms with Crippen LogP contribution in [0.2, 0.25) is 0 Å². The third-order valence-electron chi connectivity index (χ3n) is 2.85. The van der Waals surface area contributed by atoms with E-state index in [1.165, 1.54) is 10.4 Å². The summed E-state index contributed by atoms with van der Waals surface area (Å²) in [5.74, 6) is -1.33. The Balaban J connectivity index is 1.84. The highest BCUT2D eigenvalue weighted by Crippen LogP contribution is 2.33. The molecule has 0 aromatic carbocycles. The Bertz CT molecular complexity index is 443. The minimum Gasteiger partial charge on any atom is -0.480 e. The van der Waals surface area contributed by atoms with E-state index in [4.69, 9.17) is 9.84 Å². The first kappa shape index (κ1) is 13.0. The van der Waals surface area contributed by atoms with E-state index in [-0.39, 0.29) is 18.6 Å². The number of carboxylic acid groups (broad SMARTS) is 1. The standard InChI is InChI=1S/C12H15NO4S/c14-11(6-17-7-12(15)16)13-9-2-1-3-10-8(9)4-5-18-10/h4-5,9H,1-3,6-7H2,(H,13,14)(H,15,16). The second-order valence-electron chi connectivity index (χ2n) is 4.20. The lowest BCUT2D eigenvalue weighted by Crippen LogP contribution is -2.33. The summed E-state index contributed by atoms with van der Waals surface area (Å²) in [5.41, 5.74) is 1.19. The fraction of sp³-hybridized carbons (Fsp3) is 0.500. The maximum atomic E-state index is 11.6. The van der Waals surface area contributed by atoms with Gasteiger partial charge in [-0.1, -0.05) is 0 Å². The van der Waals surface area contributed by atoms with Crippen LogP contribution in [0.25, 0.3) is 0 Å². The number of nitrogens with one attached hydrogen (secondary N) is 1. The number of hydrogen-bond acceptors (Lipinski definition) is 4. The number of carboxylic acids is 1. The third-order valence-corrected chi connectivity index (χ3v) is 3.84. The lowest BCUT2D eigenvalue weighted by atomic mass is 9.94. The highest BCUT2D eigenvalue weighted by molar-refractivity contribution is 7.10. The van der Waals surface area contributed by atoms with Crippen molar-refractivity contribution in [3.05, 3.63) is 21.9 Å². The van der Waals surface area contributed by atoms with Crippen molar-refractivity contribution < 1.29 is 19.4 Å². The fourth-order valence-electron chi connectivity index (χ4n) is 2.10. The van der Waals surface area contributed by atoms with Crippen LogP contribution in [-0.4, -0.2) is 30.2 Å². The lowest BCUT2D eigenvalue weighted by molar-refractivity contribution is -0.143. The molecule has 2 rings (SSSR count). The SMILES string of the molecule is O=C(O)COCC(=O)NC1CCCc2sccc21. The van der Waals surface area contributed by atoms with Crippen molar-refractivity contribution in [2.24, 2.45) is 0 Å². The van der Waals surface area contributed by atoms with Gasteiger partial charge in [0.25, 0.3) is 0 Å². The van der Waals surface area contributed by atoms with Gasteiger partial charge in [0, 0.05) is 4.88 Å². The Morgan fingerprint density at radius 2 is 2.33 bits per heavy atom. The van der Waals surface area contributed by atoms with Crippen LogP contribution in [0, 0.1) is 0 Å². The summed E-state index contributed by atoms with van der Waals surface area (Å²) < 4.78 is 4.76. The number of aliphatic carboxylic acids is 1. The molecule has 0 spiro atoms. The Kier molecular flexibility index (Phi) is 4.33. The van der Waals surface area contributed by atoms with Crippen molar-refractivity contribution in [1.29, 1.82) is 0 Å². The van der Waals surface area contributed by atoms with Gasteiger partial charge in [-0.3, -0.25) is 4.79 Å². The van der Waals surface area contributed by atoms with Gasteiger partial charge in [-0.25, -0.2) is 4.79 Å². The van der Waals surface area contributed by atoms with Gasteiger partial charge in [0.05, 0.1) is 6.04 Å². The van der Waals surface area contributed by atoms with Gasteiger partial charge in [-0.2, -0.15) is 0 Å². The Morgan fingerprint density at radius 1 is 1.50 bits per heavy atom. The molecule has 0 bridgehead atoms. The molecule has 0 saturated carbocycles. The molecule has 2 N–H and O–H groups in total. The highest BCUT2D eigenvalue weighted by Gasteiger charge is 2.22. The van der Waals surface area contributed by atoms with Crippen molar-refractivity contribution in [3.8, 4) is 0 Å². The van der Waals surface area contributed by atoms with Gasteiger partial charge in [-0.05, 0) is 36.3 Å². The minimum atomic E-state index is -1.07. The minimum absolute atomic E-state index is 0.0425. The van der Waals surface area contributed by atoms with Gasteiger partial charge >= 0.3 is 5.97 Å². The third kappa shape index (κ3) is 3.30. The van der Waals surface area contributed by atoms with E-state index in [0.717, 1.165) is 19.3 Å². The molecule has 0 aliphatic heterocycles. The Morgan fingerprint density at radius 3 is 3.11 bits per heavy atom. The number of hydrogen-bond donors (Lipinski definition) is 2. The number of carbonyl (C=O) groups is 2. The summed E-state index contributed by atoms with van der Waals surface area (Å²) in [6.45, 7) is -0.649. The van der Waals surface area contributed by atoms with Crippen molar-refractivity contribution in [2.45, 2.75) is 25.3 Å². The zero-order valence-electron chi connectivity index (χ0n) is 9.85. The molecule has 1 aromatic rings. The highest BCUT2D eigenvalue weighted by atomic mass is 32.1. The number of ether oxygens (including phenoxy) is 1. The molecule has 5 nitrogen and oxygen atoms in total. The van der Waals surface area contributed by atoms with Crippen LogP contribution in [0.1, 0.15) is 29.3 Å². The molecule has 0 saturated heterocycles.